The lowest BCUT2D eigenvalue weighted by molar-refractivity contribution is -0.142. The minimum absolute atomic E-state index is 0.00360. The number of rotatable bonds is 2. The van der Waals surface area contributed by atoms with Gasteiger partial charge in [0, 0.05) is 37.8 Å². The maximum Gasteiger partial charge on any atom is 0.246 e. The van der Waals surface area contributed by atoms with Gasteiger partial charge in [0.05, 0.1) is 5.60 Å². The zero-order valence-electron chi connectivity index (χ0n) is 9.52. The molecule has 6 heteroatoms. The Hall–Kier alpha value is -0.980. The predicted octanol–water partition coefficient (Wildman–Crippen LogP) is 0.234. The van der Waals surface area contributed by atoms with Crippen LogP contribution in [0, 0.1) is 0 Å². The van der Waals surface area contributed by atoms with Crippen LogP contribution in [-0.2, 0) is 16.1 Å². The van der Waals surface area contributed by atoms with E-state index in [2.05, 4.69) is 20.0 Å². The molecule has 3 heterocycles. The number of carbonyl (C=O) groups is 1. The number of morpholine rings is 1. The van der Waals surface area contributed by atoms with Gasteiger partial charge in [-0.05, 0) is 23.5 Å². The van der Waals surface area contributed by atoms with Gasteiger partial charge in [-0.15, -0.1) is 0 Å². The summed E-state index contributed by atoms with van der Waals surface area (Å²) in [4.78, 5) is 13.4. The van der Waals surface area contributed by atoms with Crippen LogP contribution in [0.5, 0.6) is 0 Å². The van der Waals surface area contributed by atoms with E-state index in [9.17, 15) is 4.79 Å². The van der Waals surface area contributed by atoms with Crippen molar-refractivity contribution in [1.82, 2.24) is 14.6 Å². The van der Waals surface area contributed by atoms with E-state index in [0.717, 1.165) is 26.1 Å². The third kappa shape index (κ3) is 2.34. The molecule has 1 spiro atoms. The van der Waals surface area contributed by atoms with Crippen LogP contribution in [0.25, 0.3) is 0 Å². The maximum absolute atomic E-state index is 11.1. The average molecular weight is 253 g/mol. The van der Waals surface area contributed by atoms with E-state index >= 15 is 0 Å². The highest BCUT2D eigenvalue weighted by Gasteiger charge is 2.41. The van der Waals surface area contributed by atoms with E-state index in [4.69, 9.17) is 4.74 Å². The molecule has 0 radical (unpaired) electrons. The second-order valence-electron chi connectivity index (χ2n) is 4.74. The van der Waals surface area contributed by atoms with Crippen molar-refractivity contribution in [3.05, 3.63) is 17.1 Å². The van der Waals surface area contributed by atoms with Crippen molar-refractivity contribution in [2.75, 3.05) is 26.2 Å². The van der Waals surface area contributed by atoms with E-state index in [1.807, 2.05) is 6.20 Å². The van der Waals surface area contributed by atoms with Crippen LogP contribution in [0.3, 0.4) is 0 Å². The SMILES string of the molecule is O=C1COC2(CCN(Cc3cnsc3)C2)CN1. The smallest absolute Gasteiger partial charge is 0.246 e. The molecule has 1 unspecified atom stereocenters. The van der Waals surface area contributed by atoms with E-state index < -0.39 is 0 Å². The molecule has 0 bridgehead atoms. The van der Waals surface area contributed by atoms with E-state index in [-0.39, 0.29) is 18.1 Å². The van der Waals surface area contributed by atoms with Crippen molar-refractivity contribution in [3.8, 4) is 0 Å². The van der Waals surface area contributed by atoms with E-state index in [1.165, 1.54) is 17.1 Å². The largest absolute Gasteiger partial charge is 0.362 e. The zero-order valence-corrected chi connectivity index (χ0v) is 10.3. The standard InChI is InChI=1S/C11H15N3O2S/c15-10-5-16-11(7-12-10)1-2-14(8-11)4-9-3-13-17-6-9/h3,6H,1-2,4-5,7-8H2,(H,12,15). The number of amides is 1. The van der Waals surface area contributed by atoms with Gasteiger partial charge >= 0.3 is 0 Å². The maximum atomic E-state index is 11.1. The first-order valence-electron chi connectivity index (χ1n) is 5.77. The van der Waals surface area contributed by atoms with Crippen molar-refractivity contribution >= 4 is 17.4 Å². The highest BCUT2D eigenvalue weighted by Crippen LogP contribution is 2.27. The topological polar surface area (TPSA) is 54.5 Å². The minimum Gasteiger partial charge on any atom is -0.362 e. The normalized spacial score (nSPS) is 29.8. The van der Waals surface area contributed by atoms with Gasteiger partial charge < -0.3 is 10.1 Å². The summed E-state index contributed by atoms with van der Waals surface area (Å²) in [6.45, 7) is 3.68. The summed E-state index contributed by atoms with van der Waals surface area (Å²) in [5, 5.41) is 4.97. The molecular weight excluding hydrogens is 238 g/mol. The lowest BCUT2D eigenvalue weighted by atomic mass is 10.0. The lowest BCUT2D eigenvalue weighted by Gasteiger charge is -2.33. The number of carbonyl (C=O) groups excluding carboxylic acids is 1. The molecule has 2 fully saturated rings. The number of aromatic nitrogens is 1. The van der Waals surface area contributed by atoms with Crippen molar-refractivity contribution in [2.45, 2.75) is 18.6 Å². The van der Waals surface area contributed by atoms with E-state index in [1.54, 1.807) is 0 Å². The molecule has 1 amide bonds. The summed E-state index contributed by atoms with van der Waals surface area (Å²) in [6, 6.07) is 0. The first-order valence-corrected chi connectivity index (χ1v) is 6.61. The van der Waals surface area contributed by atoms with Crippen LogP contribution in [0.1, 0.15) is 12.0 Å². The van der Waals surface area contributed by atoms with Gasteiger partial charge in [-0.2, -0.15) is 0 Å². The first kappa shape index (κ1) is 11.1. The Morgan fingerprint density at radius 1 is 1.65 bits per heavy atom. The van der Waals surface area contributed by atoms with Crippen LogP contribution >= 0.6 is 11.5 Å². The second-order valence-corrected chi connectivity index (χ2v) is 5.40. The summed E-state index contributed by atoms with van der Waals surface area (Å²) in [6.07, 6.45) is 2.91. The number of nitrogens with one attached hydrogen (secondary N) is 1. The Labute approximate surface area is 104 Å². The highest BCUT2D eigenvalue weighted by molar-refractivity contribution is 7.03. The number of hydrogen-bond acceptors (Lipinski definition) is 5. The van der Waals surface area contributed by atoms with Gasteiger partial charge in [-0.1, -0.05) is 0 Å². The molecule has 0 aliphatic carbocycles. The fourth-order valence-corrected chi connectivity index (χ4v) is 3.00. The van der Waals surface area contributed by atoms with Crippen LogP contribution in [0.4, 0.5) is 0 Å². The summed E-state index contributed by atoms with van der Waals surface area (Å²) < 4.78 is 9.83. The third-order valence-electron chi connectivity index (χ3n) is 3.40. The quantitative estimate of drug-likeness (QED) is 0.820. The fraction of sp³-hybridized carbons (Fsp3) is 0.636. The molecule has 2 aliphatic heterocycles. The van der Waals surface area contributed by atoms with Gasteiger partial charge in [-0.3, -0.25) is 9.69 Å². The summed E-state index contributed by atoms with van der Waals surface area (Å²) >= 11 is 1.49. The molecule has 1 atom stereocenters. The molecule has 2 saturated heterocycles. The number of likely N-dealkylation sites (tertiary alicyclic amines) is 1. The van der Waals surface area contributed by atoms with Gasteiger partial charge in [-0.25, -0.2) is 4.37 Å². The number of nitrogens with zero attached hydrogens (tertiary/aromatic N) is 2. The Bertz CT molecular complexity index is 397. The van der Waals surface area contributed by atoms with Crippen LogP contribution in [0.2, 0.25) is 0 Å². The Balaban J connectivity index is 1.60. The molecule has 17 heavy (non-hydrogen) atoms. The molecule has 3 rings (SSSR count). The molecule has 5 nitrogen and oxygen atoms in total. The van der Waals surface area contributed by atoms with Gasteiger partial charge in [0.25, 0.3) is 0 Å². The molecule has 0 saturated carbocycles. The molecule has 0 aromatic carbocycles. The molecule has 1 aromatic rings. The average Bonchev–Trinajstić information content (AvgIpc) is 2.95. The third-order valence-corrected chi connectivity index (χ3v) is 4.04. The second kappa shape index (κ2) is 4.36. The number of hydrogen-bond donors (Lipinski definition) is 1. The van der Waals surface area contributed by atoms with Gasteiger partial charge in [0.1, 0.15) is 6.61 Å². The van der Waals surface area contributed by atoms with Crippen molar-refractivity contribution in [3.63, 3.8) is 0 Å². The highest BCUT2D eigenvalue weighted by atomic mass is 32.1. The monoisotopic (exact) mass is 253 g/mol. The van der Waals surface area contributed by atoms with Crippen LogP contribution in [0.15, 0.2) is 11.6 Å². The summed E-state index contributed by atoms with van der Waals surface area (Å²) in [5.41, 5.74) is 1.10. The van der Waals surface area contributed by atoms with Crippen LogP contribution < -0.4 is 5.32 Å². The van der Waals surface area contributed by atoms with Crippen LogP contribution in [-0.4, -0.2) is 47.0 Å². The molecule has 92 valence electrons. The zero-order chi connectivity index (χ0) is 11.7. The van der Waals surface area contributed by atoms with Crippen molar-refractivity contribution < 1.29 is 9.53 Å². The summed E-state index contributed by atoms with van der Waals surface area (Å²) in [5.74, 6) is -0.00360. The summed E-state index contributed by atoms with van der Waals surface area (Å²) in [7, 11) is 0. The fourth-order valence-electron chi connectivity index (χ4n) is 2.47. The van der Waals surface area contributed by atoms with Gasteiger partial charge in [0.15, 0.2) is 0 Å². The Morgan fingerprint density at radius 3 is 3.29 bits per heavy atom. The first-order chi connectivity index (χ1) is 8.26. The molecule has 1 N–H and O–H groups in total. The molecule has 1 aromatic heterocycles. The molecular formula is C11H15N3O2S. The van der Waals surface area contributed by atoms with Crippen molar-refractivity contribution in [1.29, 1.82) is 0 Å². The Morgan fingerprint density at radius 2 is 2.59 bits per heavy atom. The van der Waals surface area contributed by atoms with Crippen molar-refractivity contribution in [2.24, 2.45) is 0 Å². The lowest BCUT2D eigenvalue weighted by Crippen LogP contribution is -2.53. The Kier molecular flexibility index (Phi) is 2.85. The molecule has 2 aliphatic rings. The van der Waals surface area contributed by atoms with E-state index in [0.29, 0.717) is 6.54 Å². The number of ether oxygens (including phenoxy) is 1. The van der Waals surface area contributed by atoms with Gasteiger partial charge in [0.2, 0.25) is 5.91 Å². The predicted molar refractivity (Wildman–Crippen MR) is 63.7 cm³/mol. The minimum atomic E-state index is -0.155.